The summed E-state index contributed by atoms with van der Waals surface area (Å²) in [4.78, 5) is 0. The van der Waals surface area contributed by atoms with Crippen molar-refractivity contribution in [1.29, 1.82) is 0 Å². The largest absolute Gasteiger partial charge is 0.481 e. The minimum absolute atomic E-state index is 0.251. The summed E-state index contributed by atoms with van der Waals surface area (Å²) < 4.78 is 10.9. The molecule has 2 nitrogen and oxygen atoms in total. The van der Waals surface area contributed by atoms with Crippen LogP contribution in [0, 0.1) is 18.4 Å². The Morgan fingerprint density at radius 2 is 2.00 bits per heavy atom. The van der Waals surface area contributed by atoms with Crippen molar-refractivity contribution in [3.8, 4) is 29.6 Å². The molecule has 0 unspecified atom stereocenters. The van der Waals surface area contributed by atoms with Crippen molar-refractivity contribution in [3.05, 3.63) is 54.6 Å². The zero-order valence-electron chi connectivity index (χ0n) is 9.22. The van der Waals surface area contributed by atoms with E-state index in [1.165, 1.54) is 0 Å². The van der Waals surface area contributed by atoms with E-state index >= 15 is 0 Å². The summed E-state index contributed by atoms with van der Waals surface area (Å²) in [5, 5.41) is 0. The molecule has 0 saturated heterocycles. The molecule has 2 aromatic carbocycles. The van der Waals surface area contributed by atoms with Gasteiger partial charge in [-0.1, -0.05) is 30.2 Å². The van der Waals surface area contributed by atoms with Gasteiger partial charge >= 0.3 is 0 Å². The maximum atomic E-state index is 5.61. The number of hydrogen-bond acceptors (Lipinski definition) is 2. The third-order valence-corrected chi connectivity index (χ3v) is 2.04. The van der Waals surface area contributed by atoms with E-state index in [0.717, 1.165) is 0 Å². The van der Waals surface area contributed by atoms with E-state index in [4.69, 9.17) is 15.9 Å². The van der Waals surface area contributed by atoms with Gasteiger partial charge in [0.1, 0.15) is 23.9 Å². The molecule has 0 aliphatic rings. The monoisotopic (exact) mass is 223 g/mol. The highest BCUT2D eigenvalue weighted by atomic mass is 16.5. The Bertz CT molecular complexity index is 512. The first-order valence-electron chi connectivity index (χ1n) is 5.19. The third kappa shape index (κ3) is 3.29. The zero-order valence-corrected chi connectivity index (χ0v) is 9.22. The van der Waals surface area contributed by atoms with Crippen LogP contribution in [0.5, 0.6) is 17.2 Å². The Morgan fingerprint density at radius 1 is 1.12 bits per heavy atom. The average Bonchev–Trinajstić information content (AvgIpc) is 2.38. The fourth-order valence-electron chi connectivity index (χ4n) is 1.32. The fraction of sp³-hybridized carbons (Fsp3) is 0.0667. The van der Waals surface area contributed by atoms with E-state index in [2.05, 4.69) is 12.0 Å². The van der Waals surface area contributed by atoms with Gasteiger partial charge in [0.2, 0.25) is 0 Å². The highest BCUT2D eigenvalue weighted by Crippen LogP contribution is 2.24. The van der Waals surface area contributed by atoms with E-state index in [-0.39, 0.29) is 6.61 Å². The molecule has 0 aromatic heterocycles. The predicted molar refractivity (Wildman–Crippen MR) is 66.1 cm³/mol. The lowest BCUT2D eigenvalue weighted by molar-refractivity contribution is 0.367. The van der Waals surface area contributed by atoms with Gasteiger partial charge in [-0.25, -0.2) is 0 Å². The van der Waals surface area contributed by atoms with Crippen LogP contribution >= 0.6 is 0 Å². The fourth-order valence-corrected chi connectivity index (χ4v) is 1.32. The van der Waals surface area contributed by atoms with Crippen LogP contribution in [0.2, 0.25) is 0 Å². The Labute approximate surface area is 101 Å². The van der Waals surface area contributed by atoms with Crippen LogP contribution in [-0.4, -0.2) is 6.61 Å². The summed E-state index contributed by atoms with van der Waals surface area (Å²) in [6, 6.07) is 17.7. The average molecular weight is 223 g/mol. The van der Waals surface area contributed by atoms with E-state index in [9.17, 15) is 0 Å². The van der Waals surface area contributed by atoms with Gasteiger partial charge in [-0.05, 0) is 18.2 Å². The highest BCUT2D eigenvalue weighted by Gasteiger charge is 1.99. The Hall–Kier alpha value is -2.40. The molecular weight excluding hydrogens is 212 g/mol. The lowest BCUT2D eigenvalue weighted by atomic mass is 10.3. The zero-order chi connectivity index (χ0) is 11.9. The molecule has 0 fully saturated rings. The van der Waals surface area contributed by atoms with Gasteiger partial charge in [-0.2, -0.15) is 0 Å². The van der Waals surface area contributed by atoms with Crippen LogP contribution in [0.25, 0.3) is 0 Å². The van der Waals surface area contributed by atoms with Crippen molar-refractivity contribution in [2.45, 2.75) is 0 Å². The number of ether oxygens (including phenoxy) is 2. The van der Waals surface area contributed by atoms with Crippen molar-refractivity contribution in [3.63, 3.8) is 0 Å². The number of rotatable bonds is 4. The third-order valence-electron chi connectivity index (χ3n) is 2.04. The molecule has 0 atom stereocenters. The summed E-state index contributed by atoms with van der Waals surface area (Å²) in [5.41, 5.74) is 0. The van der Waals surface area contributed by atoms with E-state index in [1.807, 2.05) is 36.4 Å². The Kier molecular flexibility index (Phi) is 3.67. The minimum atomic E-state index is 0.251. The Balaban J connectivity index is 2.09. The van der Waals surface area contributed by atoms with Gasteiger partial charge in [-0.15, -0.1) is 6.42 Å². The molecule has 1 radical (unpaired) electrons. The lowest BCUT2D eigenvalue weighted by Crippen LogP contribution is -1.93. The molecule has 0 amide bonds. The van der Waals surface area contributed by atoms with Crippen molar-refractivity contribution < 1.29 is 9.47 Å². The van der Waals surface area contributed by atoms with Crippen LogP contribution in [-0.2, 0) is 0 Å². The molecule has 17 heavy (non-hydrogen) atoms. The van der Waals surface area contributed by atoms with Crippen molar-refractivity contribution in [2.75, 3.05) is 6.61 Å². The van der Waals surface area contributed by atoms with Crippen LogP contribution < -0.4 is 9.47 Å². The standard InChI is InChI=1S/C15H11O2/c1-2-11-16-14-9-6-10-15(12-14)17-13-7-4-3-5-8-13/h1,3-7,9-10,12H,11H2. The smallest absolute Gasteiger partial charge is 0.148 e. The summed E-state index contributed by atoms with van der Waals surface area (Å²) in [6.45, 7) is 0.251. The first kappa shape index (κ1) is 11.1. The van der Waals surface area contributed by atoms with Crippen LogP contribution in [0.3, 0.4) is 0 Å². The summed E-state index contributed by atoms with van der Waals surface area (Å²) in [5.74, 6) is 4.47. The second-order valence-corrected chi connectivity index (χ2v) is 3.30. The summed E-state index contributed by atoms with van der Waals surface area (Å²) in [7, 11) is 0. The van der Waals surface area contributed by atoms with Gasteiger partial charge in [0.15, 0.2) is 0 Å². The minimum Gasteiger partial charge on any atom is -0.481 e. The number of hydrogen-bond donors (Lipinski definition) is 0. The molecule has 0 bridgehead atoms. The second kappa shape index (κ2) is 5.62. The van der Waals surface area contributed by atoms with E-state index in [0.29, 0.717) is 17.2 Å². The molecule has 0 aliphatic heterocycles. The SMILES string of the molecule is C#CCOc1cccc(Oc2[c]cccc2)c1. The molecule has 83 valence electrons. The first-order valence-corrected chi connectivity index (χ1v) is 5.19. The quantitative estimate of drug-likeness (QED) is 0.740. The number of terminal acetylenes is 1. The van der Waals surface area contributed by atoms with Gasteiger partial charge in [-0.3, -0.25) is 0 Å². The number of para-hydroxylation sites is 1. The van der Waals surface area contributed by atoms with E-state index < -0.39 is 0 Å². The van der Waals surface area contributed by atoms with Gasteiger partial charge in [0, 0.05) is 12.1 Å². The molecule has 2 aromatic rings. The molecule has 0 spiro atoms. The molecule has 0 N–H and O–H groups in total. The maximum Gasteiger partial charge on any atom is 0.148 e. The molecule has 0 saturated carbocycles. The Morgan fingerprint density at radius 3 is 2.76 bits per heavy atom. The maximum absolute atomic E-state index is 5.61. The summed E-state index contributed by atoms with van der Waals surface area (Å²) in [6.07, 6.45) is 5.13. The molecule has 0 aliphatic carbocycles. The predicted octanol–water partition coefficient (Wildman–Crippen LogP) is 3.29. The second-order valence-electron chi connectivity index (χ2n) is 3.30. The van der Waals surface area contributed by atoms with Crippen molar-refractivity contribution in [2.24, 2.45) is 0 Å². The lowest BCUT2D eigenvalue weighted by Gasteiger charge is -2.07. The topological polar surface area (TPSA) is 18.5 Å². The molecular formula is C15H11O2. The summed E-state index contributed by atoms with van der Waals surface area (Å²) >= 11 is 0. The van der Waals surface area contributed by atoms with E-state index in [1.54, 1.807) is 12.1 Å². The first-order chi connectivity index (χ1) is 8.38. The van der Waals surface area contributed by atoms with Gasteiger partial charge in [0.25, 0.3) is 0 Å². The molecule has 0 heterocycles. The van der Waals surface area contributed by atoms with Gasteiger partial charge in [0.05, 0.1) is 0 Å². The van der Waals surface area contributed by atoms with Crippen LogP contribution in [0.1, 0.15) is 0 Å². The highest BCUT2D eigenvalue weighted by molar-refractivity contribution is 5.36. The van der Waals surface area contributed by atoms with Crippen molar-refractivity contribution >= 4 is 0 Å². The van der Waals surface area contributed by atoms with Gasteiger partial charge < -0.3 is 9.47 Å². The van der Waals surface area contributed by atoms with Crippen LogP contribution in [0.15, 0.2) is 48.5 Å². The molecule has 2 heteroatoms. The number of benzene rings is 2. The molecule has 2 rings (SSSR count). The van der Waals surface area contributed by atoms with Crippen LogP contribution in [0.4, 0.5) is 0 Å². The van der Waals surface area contributed by atoms with Crippen molar-refractivity contribution in [1.82, 2.24) is 0 Å². The normalized spacial score (nSPS) is 9.35.